The van der Waals surface area contributed by atoms with Gasteiger partial charge in [-0.15, -0.1) is 5.10 Å². The van der Waals surface area contributed by atoms with Crippen molar-refractivity contribution < 1.29 is 9.53 Å². The van der Waals surface area contributed by atoms with Crippen LogP contribution in [0.25, 0.3) is 0 Å². The van der Waals surface area contributed by atoms with Gasteiger partial charge in [0.15, 0.2) is 0 Å². The SMILES string of the molecule is CCc1nc(C(=O)NCC2CCOCC2)n[nH]1. The highest BCUT2D eigenvalue weighted by molar-refractivity contribution is 5.90. The lowest BCUT2D eigenvalue weighted by Crippen LogP contribution is -2.32. The molecule has 6 heteroatoms. The third-order valence-corrected chi connectivity index (χ3v) is 2.96. The highest BCUT2D eigenvalue weighted by Crippen LogP contribution is 2.13. The van der Waals surface area contributed by atoms with E-state index in [0.29, 0.717) is 12.5 Å². The highest BCUT2D eigenvalue weighted by Gasteiger charge is 2.17. The summed E-state index contributed by atoms with van der Waals surface area (Å²) in [6, 6.07) is 0. The van der Waals surface area contributed by atoms with Crippen molar-refractivity contribution >= 4 is 5.91 Å². The first-order valence-corrected chi connectivity index (χ1v) is 6.06. The van der Waals surface area contributed by atoms with E-state index < -0.39 is 0 Å². The molecule has 2 rings (SSSR count). The van der Waals surface area contributed by atoms with Crippen molar-refractivity contribution in [2.45, 2.75) is 26.2 Å². The molecule has 0 unspecified atom stereocenters. The number of aryl methyl sites for hydroxylation is 1. The second-order valence-electron chi connectivity index (χ2n) is 4.23. The fourth-order valence-corrected chi connectivity index (χ4v) is 1.82. The summed E-state index contributed by atoms with van der Waals surface area (Å²) in [4.78, 5) is 15.8. The molecule has 0 radical (unpaired) electrons. The second-order valence-corrected chi connectivity index (χ2v) is 4.23. The Morgan fingerprint density at radius 1 is 1.53 bits per heavy atom. The van der Waals surface area contributed by atoms with Gasteiger partial charge in [0.25, 0.3) is 5.91 Å². The van der Waals surface area contributed by atoms with Crippen LogP contribution in [0.2, 0.25) is 0 Å². The van der Waals surface area contributed by atoms with Gasteiger partial charge in [0.2, 0.25) is 5.82 Å². The van der Waals surface area contributed by atoms with Crippen LogP contribution in [0.5, 0.6) is 0 Å². The predicted molar refractivity (Wildman–Crippen MR) is 61.6 cm³/mol. The number of nitrogens with one attached hydrogen (secondary N) is 2. The minimum Gasteiger partial charge on any atom is -0.381 e. The number of H-pyrrole nitrogens is 1. The number of carbonyl (C=O) groups excluding carboxylic acids is 1. The maximum atomic E-state index is 11.7. The van der Waals surface area contributed by atoms with Crippen LogP contribution < -0.4 is 5.32 Å². The number of ether oxygens (including phenoxy) is 1. The first kappa shape index (κ1) is 12.0. The van der Waals surface area contributed by atoms with Gasteiger partial charge in [-0.2, -0.15) is 0 Å². The molecule has 0 saturated carbocycles. The third-order valence-electron chi connectivity index (χ3n) is 2.96. The summed E-state index contributed by atoms with van der Waals surface area (Å²) < 4.78 is 5.27. The minimum atomic E-state index is -0.201. The average Bonchev–Trinajstić information content (AvgIpc) is 2.86. The van der Waals surface area contributed by atoms with E-state index >= 15 is 0 Å². The summed E-state index contributed by atoms with van der Waals surface area (Å²) in [6.45, 7) is 4.23. The Balaban J connectivity index is 1.80. The molecule has 1 aromatic rings. The van der Waals surface area contributed by atoms with Crippen LogP contribution in [0.15, 0.2) is 0 Å². The number of hydrogen-bond acceptors (Lipinski definition) is 4. The summed E-state index contributed by atoms with van der Waals surface area (Å²) in [6.07, 6.45) is 2.77. The number of aromatic amines is 1. The fraction of sp³-hybridized carbons (Fsp3) is 0.727. The molecule has 6 nitrogen and oxygen atoms in total. The Morgan fingerprint density at radius 2 is 2.29 bits per heavy atom. The molecule has 94 valence electrons. The Bertz CT molecular complexity index is 371. The number of aromatic nitrogens is 3. The summed E-state index contributed by atoms with van der Waals surface area (Å²) in [5.41, 5.74) is 0. The van der Waals surface area contributed by atoms with Gasteiger partial charge in [0, 0.05) is 26.2 Å². The van der Waals surface area contributed by atoms with Crippen molar-refractivity contribution in [3.8, 4) is 0 Å². The Labute approximate surface area is 100 Å². The lowest BCUT2D eigenvalue weighted by atomic mass is 10.0. The Morgan fingerprint density at radius 3 is 2.94 bits per heavy atom. The number of nitrogens with zero attached hydrogens (tertiary/aromatic N) is 2. The second kappa shape index (κ2) is 5.77. The smallest absolute Gasteiger partial charge is 0.290 e. The van der Waals surface area contributed by atoms with Crippen molar-refractivity contribution in [2.75, 3.05) is 19.8 Å². The lowest BCUT2D eigenvalue weighted by Gasteiger charge is -2.21. The molecule has 1 saturated heterocycles. The van der Waals surface area contributed by atoms with E-state index in [1.165, 1.54) is 0 Å². The number of carbonyl (C=O) groups is 1. The molecule has 0 aliphatic carbocycles. The van der Waals surface area contributed by atoms with Crippen LogP contribution in [0, 0.1) is 5.92 Å². The molecule has 0 bridgehead atoms. The molecule has 2 heterocycles. The molecular weight excluding hydrogens is 220 g/mol. The zero-order chi connectivity index (χ0) is 12.1. The Kier molecular flexibility index (Phi) is 4.08. The first-order chi connectivity index (χ1) is 8.29. The molecule has 1 aromatic heterocycles. The monoisotopic (exact) mass is 238 g/mol. The van der Waals surface area contributed by atoms with Crippen LogP contribution in [-0.4, -0.2) is 40.8 Å². The van der Waals surface area contributed by atoms with Gasteiger partial charge in [0.1, 0.15) is 5.82 Å². The van der Waals surface area contributed by atoms with E-state index in [-0.39, 0.29) is 11.7 Å². The molecule has 1 amide bonds. The quantitative estimate of drug-likeness (QED) is 0.801. The molecular formula is C11H18N4O2. The first-order valence-electron chi connectivity index (χ1n) is 6.06. The number of rotatable bonds is 4. The highest BCUT2D eigenvalue weighted by atomic mass is 16.5. The molecule has 1 aliphatic rings. The topological polar surface area (TPSA) is 79.9 Å². The van der Waals surface area contributed by atoms with E-state index in [1.54, 1.807) is 0 Å². The number of hydrogen-bond donors (Lipinski definition) is 2. The maximum absolute atomic E-state index is 11.7. The molecule has 0 aromatic carbocycles. The molecule has 2 N–H and O–H groups in total. The van der Waals surface area contributed by atoms with Gasteiger partial charge in [-0.05, 0) is 18.8 Å². The van der Waals surface area contributed by atoms with E-state index in [9.17, 15) is 4.79 Å². The zero-order valence-electron chi connectivity index (χ0n) is 10.0. The van der Waals surface area contributed by atoms with Crippen LogP contribution in [0.4, 0.5) is 0 Å². The average molecular weight is 238 g/mol. The molecule has 0 spiro atoms. The predicted octanol–water partition coefficient (Wildman–Crippen LogP) is 0.523. The molecule has 0 atom stereocenters. The van der Waals surface area contributed by atoms with Gasteiger partial charge in [-0.25, -0.2) is 4.98 Å². The van der Waals surface area contributed by atoms with Crippen molar-refractivity contribution in [3.63, 3.8) is 0 Å². The Hall–Kier alpha value is -1.43. The van der Waals surface area contributed by atoms with Crippen LogP contribution >= 0.6 is 0 Å². The van der Waals surface area contributed by atoms with Gasteiger partial charge < -0.3 is 10.1 Å². The van der Waals surface area contributed by atoms with Crippen LogP contribution in [0.1, 0.15) is 36.2 Å². The standard InChI is InChI=1S/C11H18N4O2/c1-2-9-13-10(15-14-9)11(16)12-7-8-3-5-17-6-4-8/h8H,2-7H2,1H3,(H,12,16)(H,13,14,15). The maximum Gasteiger partial charge on any atom is 0.290 e. The van der Waals surface area contributed by atoms with Gasteiger partial charge in [0.05, 0.1) is 0 Å². The zero-order valence-corrected chi connectivity index (χ0v) is 10.0. The summed E-state index contributed by atoms with van der Waals surface area (Å²) in [7, 11) is 0. The number of amides is 1. The largest absolute Gasteiger partial charge is 0.381 e. The molecule has 1 aliphatic heterocycles. The lowest BCUT2D eigenvalue weighted by molar-refractivity contribution is 0.0641. The molecule has 17 heavy (non-hydrogen) atoms. The summed E-state index contributed by atoms with van der Waals surface area (Å²) in [5.74, 6) is 1.28. The van der Waals surface area contributed by atoms with Gasteiger partial charge >= 0.3 is 0 Å². The van der Waals surface area contributed by atoms with Crippen molar-refractivity contribution in [1.82, 2.24) is 20.5 Å². The van der Waals surface area contributed by atoms with Crippen LogP contribution in [-0.2, 0) is 11.2 Å². The molecule has 1 fully saturated rings. The third kappa shape index (κ3) is 3.26. The van der Waals surface area contributed by atoms with E-state index in [4.69, 9.17) is 4.74 Å². The van der Waals surface area contributed by atoms with Crippen LogP contribution in [0.3, 0.4) is 0 Å². The van der Waals surface area contributed by atoms with E-state index in [0.717, 1.165) is 38.3 Å². The summed E-state index contributed by atoms with van der Waals surface area (Å²) >= 11 is 0. The summed E-state index contributed by atoms with van der Waals surface area (Å²) in [5, 5.41) is 9.48. The van der Waals surface area contributed by atoms with Crippen molar-refractivity contribution in [1.29, 1.82) is 0 Å². The fourth-order valence-electron chi connectivity index (χ4n) is 1.82. The minimum absolute atomic E-state index is 0.201. The van der Waals surface area contributed by atoms with Crippen molar-refractivity contribution in [2.24, 2.45) is 5.92 Å². The van der Waals surface area contributed by atoms with Gasteiger partial charge in [-0.3, -0.25) is 9.89 Å². The normalized spacial score (nSPS) is 17.0. The van der Waals surface area contributed by atoms with Gasteiger partial charge in [-0.1, -0.05) is 6.92 Å². The van der Waals surface area contributed by atoms with Crippen molar-refractivity contribution in [3.05, 3.63) is 11.6 Å². The van der Waals surface area contributed by atoms with E-state index in [2.05, 4.69) is 20.5 Å². The van der Waals surface area contributed by atoms with E-state index in [1.807, 2.05) is 6.92 Å².